The maximum Gasteiger partial charge on any atom is 0.338 e. The highest BCUT2D eigenvalue weighted by Crippen LogP contribution is 2.29. The zero-order chi connectivity index (χ0) is 20.8. The van der Waals surface area contributed by atoms with E-state index in [1.807, 2.05) is 48.5 Å². The molecule has 0 bridgehead atoms. The summed E-state index contributed by atoms with van der Waals surface area (Å²) in [7, 11) is 0. The van der Waals surface area contributed by atoms with Crippen LogP contribution >= 0.6 is 0 Å². The van der Waals surface area contributed by atoms with Crippen molar-refractivity contribution in [2.24, 2.45) is 0 Å². The second-order valence-corrected chi connectivity index (χ2v) is 7.42. The first-order valence-electron chi connectivity index (χ1n) is 9.91. The van der Waals surface area contributed by atoms with Gasteiger partial charge < -0.3 is 14.8 Å². The summed E-state index contributed by atoms with van der Waals surface area (Å²) in [6.45, 7) is 5.48. The fourth-order valence-electron chi connectivity index (χ4n) is 3.42. The lowest BCUT2D eigenvalue weighted by Crippen LogP contribution is -2.23. The van der Waals surface area contributed by atoms with Gasteiger partial charge in [-0.1, -0.05) is 30.3 Å². The monoisotopic (exact) mass is 393 g/mol. The molecule has 29 heavy (non-hydrogen) atoms. The lowest BCUT2D eigenvalue weighted by Gasteiger charge is -2.25. The number of carbonyl (C=O) groups excluding carboxylic acids is 2. The minimum atomic E-state index is -0.359. The number of ether oxygens (including phenoxy) is 2. The molecule has 2 aromatic rings. The molecular weight excluding hydrogens is 366 g/mol. The fraction of sp³-hybridized carbons (Fsp3) is 0.333. The van der Waals surface area contributed by atoms with Crippen molar-refractivity contribution >= 4 is 17.6 Å². The van der Waals surface area contributed by atoms with Crippen molar-refractivity contribution in [1.82, 2.24) is 0 Å². The zero-order valence-corrected chi connectivity index (χ0v) is 17.2. The Kier molecular flexibility index (Phi) is 6.70. The van der Waals surface area contributed by atoms with Gasteiger partial charge in [0.25, 0.3) is 0 Å². The van der Waals surface area contributed by atoms with Gasteiger partial charge in [0.05, 0.1) is 5.56 Å². The van der Waals surface area contributed by atoms with Crippen LogP contribution in [0.2, 0.25) is 0 Å². The van der Waals surface area contributed by atoms with Crippen LogP contribution in [-0.4, -0.2) is 18.0 Å². The first-order chi connectivity index (χ1) is 13.9. The van der Waals surface area contributed by atoms with Gasteiger partial charge in [0.15, 0.2) is 0 Å². The SMILES string of the molecule is CC(=O)OC(C)=CCc1cc2c(cc1C(=O)OCc1ccccc1)CCC(C)N2. The molecule has 2 aromatic carbocycles. The van der Waals surface area contributed by atoms with Gasteiger partial charge in [-0.3, -0.25) is 4.79 Å². The Morgan fingerprint density at radius 2 is 1.93 bits per heavy atom. The van der Waals surface area contributed by atoms with Gasteiger partial charge in [-0.15, -0.1) is 0 Å². The van der Waals surface area contributed by atoms with Crippen molar-refractivity contribution in [1.29, 1.82) is 0 Å². The first-order valence-corrected chi connectivity index (χ1v) is 9.91. The van der Waals surface area contributed by atoms with E-state index >= 15 is 0 Å². The molecule has 0 radical (unpaired) electrons. The molecule has 152 valence electrons. The van der Waals surface area contributed by atoms with Crippen LogP contribution in [0.1, 0.15) is 54.2 Å². The number of benzene rings is 2. The van der Waals surface area contributed by atoms with Crippen LogP contribution < -0.4 is 5.32 Å². The molecule has 0 aliphatic carbocycles. The topological polar surface area (TPSA) is 64.6 Å². The predicted molar refractivity (Wildman–Crippen MR) is 113 cm³/mol. The molecule has 0 fully saturated rings. The number of hydrogen-bond acceptors (Lipinski definition) is 5. The number of allylic oxidation sites excluding steroid dienone is 2. The van der Waals surface area contributed by atoms with Gasteiger partial charge in [-0.05, 0) is 68.0 Å². The number of nitrogens with one attached hydrogen (secondary N) is 1. The third-order valence-corrected chi connectivity index (χ3v) is 4.92. The number of carbonyl (C=O) groups is 2. The van der Waals surface area contributed by atoms with Crippen molar-refractivity contribution in [2.75, 3.05) is 5.32 Å². The first kappa shape index (κ1) is 20.6. The molecular formula is C24H27NO4. The Hall–Kier alpha value is -3.08. The van der Waals surface area contributed by atoms with Crippen LogP contribution in [0.25, 0.3) is 0 Å². The van der Waals surface area contributed by atoms with E-state index in [1.54, 1.807) is 6.92 Å². The van der Waals surface area contributed by atoms with E-state index in [2.05, 4.69) is 12.2 Å². The summed E-state index contributed by atoms with van der Waals surface area (Å²) in [6.07, 6.45) is 4.23. The second kappa shape index (κ2) is 9.41. The van der Waals surface area contributed by atoms with Crippen LogP contribution in [0.4, 0.5) is 5.69 Å². The van der Waals surface area contributed by atoms with Gasteiger partial charge in [0, 0.05) is 18.7 Å². The quantitative estimate of drug-likeness (QED) is 0.564. The molecule has 1 N–H and O–H groups in total. The minimum Gasteiger partial charge on any atom is -0.457 e. The predicted octanol–water partition coefficient (Wildman–Crippen LogP) is 4.80. The van der Waals surface area contributed by atoms with Crippen molar-refractivity contribution in [3.63, 3.8) is 0 Å². The molecule has 0 aromatic heterocycles. The van der Waals surface area contributed by atoms with E-state index in [0.717, 1.165) is 35.2 Å². The van der Waals surface area contributed by atoms with E-state index < -0.39 is 0 Å². The second-order valence-electron chi connectivity index (χ2n) is 7.42. The van der Waals surface area contributed by atoms with E-state index in [4.69, 9.17) is 9.47 Å². The lowest BCUT2D eigenvalue weighted by atomic mass is 9.93. The highest BCUT2D eigenvalue weighted by atomic mass is 16.5. The Morgan fingerprint density at radius 3 is 2.66 bits per heavy atom. The summed E-state index contributed by atoms with van der Waals surface area (Å²) in [5.41, 5.74) is 4.52. The third-order valence-electron chi connectivity index (χ3n) is 4.92. The summed E-state index contributed by atoms with van der Waals surface area (Å²) >= 11 is 0. The van der Waals surface area contributed by atoms with Crippen LogP contribution in [0, 0.1) is 0 Å². The normalized spacial score (nSPS) is 15.8. The standard InChI is InChI=1S/C24H27NO4/c1-16-9-11-21-13-22(24(27)28-15-19-7-5-4-6-8-19)20(14-23(21)25-16)12-10-17(2)29-18(3)26/h4-8,10,13-14,16,25H,9,11-12,15H2,1-3H3. The van der Waals surface area contributed by atoms with E-state index in [9.17, 15) is 9.59 Å². The van der Waals surface area contributed by atoms with Crippen molar-refractivity contribution < 1.29 is 19.1 Å². The number of aryl methyl sites for hydroxylation is 1. The molecule has 0 amide bonds. The van der Waals surface area contributed by atoms with E-state index in [-0.39, 0.29) is 18.5 Å². The van der Waals surface area contributed by atoms with Crippen LogP contribution in [-0.2, 0) is 33.7 Å². The van der Waals surface area contributed by atoms with Crippen LogP contribution in [0.15, 0.2) is 54.3 Å². The maximum absolute atomic E-state index is 12.9. The molecule has 1 heterocycles. The molecule has 1 aliphatic heterocycles. The highest BCUT2D eigenvalue weighted by Gasteiger charge is 2.20. The molecule has 5 nitrogen and oxygen atoms in total. The largest absolute Gasteiger partial charge is 0.457 e. The number of rotatable bonds is 6. The van der Waals surface area contributed by atoms with Gasteiger partial charge in [0.1, 0.15) is 12.4 Å². The summed E-state index contributed by atoms with van der Waals surface area (Å²) in [5, 5.41) is 3.49. The van der Waals surface area contributed by atoms with Crippen molar-refractivity contribution in [3.05, 3.63) is 76.6 Å². The van der Waals surface area contributed by atoms with Crippen LogP contribution in [0.5, 0.6) is 0 Å². The third kappa shape index (κ3) is 5.70. The average molecular weight is 393 g/mol. The molecule has 1 atom stereocenters. The summed E-state index contributed by atoms with van der Waals surface area (Å²) < 4.78 is 10.7. The zero-order valence-electron chi connectivity index (χ0n) is 17.2. The smallest absolute Gasteiger partial charge is 0.338 e. The Bertz CT molecular complexity index is 918. The van der Waals surface area contributed by atoms with E-state index in [0.29, 0.717) is 23.8 Å². The molecule has 3 rings (SSSR count). The summed E-state index contributed by atoms with van der Waals surface area (Å²) in [5.74, 6) is -0.189. The Balaban J connectivity index is 1.84. The molecule has 1 unspecified atom stereocenters. The molecule has 0 spiro atoms. The Labute approximate surface area is 171 Å². The Morgan fingerprint density at radius 1 is 1.17 bits per heavy atom. The molecule has 1 aliphatic rings. The fourth-order valence-corrected chi connectivity index (χ4v) is 3.42. The number of fused-ring (bicyclic) bond motifs is 1. The van der Waals surface area contributed by atoms with Crippen molar-refractivity contribution in [3.8, 4) is 0 Å². The lowest BCUT2D eigenvalue weighted by molar-refractivity contribution is -0.136. The molecule has 0 saturated heterocycles. The molecule has 0 saturated carbocycles. The van der Waals surface area contributed by atoms with Gasteiger partial charge in [-0.25, -0.2) is 4.79 Å². The summed E-state index contributed by atoms with van der Waals surface area (Å²) in [6, 6.07) is 14.0. The highest BCUT2D eigenvalue weighted by molar-refractivity contribution is 5.92. The van der Waals surface area contributed by atoms with Crippen LogP contribution in [0.3, 0.4) is 0 Å². The number of hydrogen-bond donors (Lipinski definition) is 1. The molecule has 5 heteroatoms. The average Bonchev–Trinajstić information content (AvgIpc) is 2.70. The number of esters is 2. The van der Waals surface area contributed by atoms with Gasteiger partial charge in [-0.2, -0.15) is 0 Å². The van der Waals surface area contributed by atoms with Crippen molar-refractivity contribution in [2.45, 2.75) is 52.7 Å². The van der Waals surface area contributed by atoms with Gasteiger partial charge >= 0.3 is 11.9 Å². The number of anilines is 1. The van der Waals surface area contributed by atoms with Gasteiger partial charge in [0.2, 0.25) is 0 Å². The minimum absolute atomic E-state index is 0.230. The summed E-state index contributed by atoms with van der Waals surface area (Å²) in [4.78, 5) is 24.0. The van der Waals surface area contributed by atoms with E-state index in [1.165, 1.54) is 6.92 Å². The maximum atomic E-state index is 12.9.